The number of allylic oxidation sites excluding steroid dienone is 2. The molecule has 4 heteroatoms. The quantitative estimate of drug-likeness (QED) is 0.328. The van der Waals surface area contributed by atoms with E-state index in [9.17, 15) is 9.59 Å². The fourth-order valence-electron chi connectivity index (χ4n) is 10.6. The molecule has 4 nitrogen and oxygen atoms in total. The SMILES string of the molecule is COC(=O)[C@]12CCC(C)(C)C[C@@H]1C1=CC[C@@H]3[C@@]4(C)CCC(=O)NC(C)(C)[C@@H]4CC[C@@]3(C)[C@]1(C)CC2. The van der Waals surface area contributed by atoms with Gasteiger partial charge in [-0.05, 0) is 111 Å². The second-order valence-electron chi connectivity index (χ2n) is 15.1. The van der Waals surface area contributed by atoms with Crippen LogP contribution in [0.4, 0.5) is 0 Å². The Labute approximate surface area is 213 Å². The highest BCUT2D eigenvalue weighted by atomic mass is 16.5. The third kappa shape index (κ3) is 3.29. The van der Waals surface area contributed by atoms with Gasteiger partial charge in [0.15, 0.2) is 0 Å². The number of amides is 1. The Bertz CT molecular complexity index is 964. The Morgan fingerprint density at radius 1 is 0.943 bits per heavy atom. The van der Waals surface area contributed by atoms with Crippen molar-refractivity contribution in [2.24, 2.45) is 44.8 Å². The highest BCUT2D eigenvalue weighted by molar-refractivity contribution is 5.79. The van der Waals surface area contributed by atoms with E-state index in [1.165, 1.54) is 6.42 Å². The number of esters is 1. The van der Waals surface area contributed by atoms with Crippen molar-refractivity contribution in [2.75, 3.05) is 7.11 Å². The standard InChI is InChI=1S/C31H49NO3/c1-26(2)15-17-31(25(34)35-8)18-16-29(6)20(21(31)19-26)9-10-23-28(5)13-12-24(33)32-27(3,4)22(28)11-14-30(23,29)7/h9,21-23H,10-19H2,1-8H3,(H,32,33)/t21-,22+,23-,28+,29-,30-,31+/m1/s1. The van der Waals surface area contributed by atoms with Gasteiger partial charge in [0.25, 0.3) is 0 Å². The summed E-state index contributed by atoms with van der Waals surface area (Å²) in [7, 11) is 1.58. The van der Waals surface area contributed by atoms with Crippen molar-refractivity contribution in [2.45, 2.75) is 118 Å². The summed E-state index contributed by atoms with van der Waals surface area (Å²) in [6.07, 6.45) is 12.8. The maximum absolute atomic E-state index is 13.4. The molecule has 4 fully saturated rings. The highest BCUT2D eigenvalue weighted by Gasteiger charge is 2.68. The summed E-state index contributed by atoms with van der Waals surface area (Å²) in [5.74, 6) is 1.57. The van der Waals surface area contributed by atoms with Gasteiger partial charge in [-0.1, -0.05) is 46.3 Å². The summed E-state index contributed by atoms with van der Waals surface area (Å²) in [6.45, 7) is 16.9. The first-order chi connectivity index (χ1) is 16.2. The fraction of sp³-hybridized carbons (Fsp3) is 0.871. The maximum atomic E-state index is 13.4. The molecule has 5 aliphatic rings. The molecule has 1 heterocycles. The topological polar surface area (TPSA) is 55.4 Å². The zero-order valence-corrected chi connectivity index (χ0v) is 23.6. The molecule has 3 saturated carbocycles. The molecule has 7 atom stereocenters. The van der Waals surface area contributed by atoms with Gasteiger partial charge in [0.1, 0.15) is 0 Å². The first kappa shape index (κ1) is 25.3. The molecule has 1 N–H and O–H groups in total. The molecule has 0 aromatic rings. The van der Waals surface area contributed by atoms with Crippen LogP contribution in [0, 0.1) is 44.8 Å². The van der Waals surface area contributed by atoms with Crippen LogP contribution in [0.3, 0.4) is 0 Å². The summed E-state index contributed by atoms with van der Waals surface area (Å²) in [4.78, 5) is 26.1. The summed E-state index contributed by atoms with van der Waals surface area (Å²) in [5.41, 5.74) is 1.70. The number of nitrogens with one attached hydrogen (secondary N) is 1. The molecule has 0 unspecified atom stereocenters. The van der Waals surface area contributed by atoms with Crippen molar-refractivity contribution < 1.29 is 14.3 Å². The van der Waals surface area contributed by atoms with E-state index < -0.39 is 0 Å². The van der Waals surface area contributed by atoms with Gasteiger partial charge in [0.2, 0.25) is 5.91 Å². The minimum Gasteiger partial charge on any atom is -0.469 e. The van der Waals surface area contributed by atoms with Gasteiger partial charge in [-0.2, -0.15) is 0 Å². The van der Waals surface area contributed by atoms with Crippen LogP contribution in [0.1, 0.15) is 113 Å². The van der Waals surface area contributed by atoms with E-state index in [1.807, 2.05) is 0 Å². The number of hydrogen-bond acceptors (Lipinski definition) is 3. The highest BCUT2D eigenvalue weighted by Crippen LogP contribution is 2.74. The van der Waals surface area contributed by atoms with Crippen molar-refractivity contribution >= 4 is 11.9 Å². The third-order valence-corrected chi connectivity index (χ3v) is 12.7. The summed E-state index contributed by atoms with van der Waals surface area (Å²) >= 11 is 0. The molecule has 4 aliphatic carbocycles. The number of hydrogen-bond donors (Lipinski definition) is 1. The minimum atomic E-state index is -0.347. The van der Waals surface area contributed by atoms with Crippen molar-refractivity contribution in [3.05, 3.63) is 11.6 Å². The largest absolute Gasteiger partial charge is 0.469 e. The zero-order chi connectivity index (χ0) is 25.7. The Morgan fingerprint density at radius 3 is 2.31 bits per heavy atom. The molecule has 1 aliphatic heterocycles. The monoisotopic (exact) mass is 483 g/mol. The number of carbonyl (C=O) groups excluding carboxylic acids is 2. The van der Waals surface area contributed by atoms with Crippen LogP contribution < -0.4 is 5.32 Å². The summed E-state index contributed by atoms with van der Waals surface area (Å²) < 4.78 is 5.49. The van der Waals surface area contributed by atoms with Gasteiger partial charge in [-0.3, -0.25) is 9.59 Å². The fourth-order valence-corrected chi connectivity index (χ4v) is 10.6. The number of fused-ring (bicyclic) bond motifs is 7. The number of methoxy groups -OCH3 is 1. The Hall–Kier alpha value is -1.32. The molecule has 0 radical (unpaired) electrons. The number of rotatable bonds is 1. The van der Waals surface area contributed by atoms with Crippen LogP contribution in [0.5, 0.6) is 0 Å². The summed E-state index contributed by atoms with van der Waals surface area (Å²) in [5, 5.41) is 3.38. The van der Waals surface area contributed by atoms with E-state index in [0.29, 0.717) is 18.3 Å². The van der Waals surface area contributed by atoms with Crippen LogP contribution in [0.25, 0.3) is 0 Å². The lowest BCUT2D eigenvalue weighted by Crippen LogP contribution is -2.64. The molecule has 0 spiro atoms. The predicted molar refractivity (Wildman–Crippen MR) is 139 cm³/mol. The Morgan fingerprint density at radius 2 is 1.63 bits per heavy atom. The van der Waals surface area contributed by atoms with E-state index in [1.54, 1.807) is 12.7 Å². The van der Waals surface area contributed by atoms with Crippen molar-refractivity contribution in [1.29, 1.82) is 0 Å². The van der Waals surface area contributed by atoms with E-state index in [4.69, 9.17) is 4.74 Å². The van der Waals surface area contributed by atoms with E-state index in [2.05, 4.69) is 59.9 Å². The van der Waals surface area contributed by atoms with Gasteiger partial charge in [-0.25, -0.2) is 0 Å². The first-order valence-corrected chi connectivity index (χ1v) is 14.3. The van der Waals surface area contributed by atoms with Gasteiger partial charge in [0.05, 0.1) is 12.5 Å². The van der Waals surface area contributed by atoms with Crippen LogP contribution in [-0.4, -0.2) is 24.5 Å². The first-order valence-electron chi connectivity index (χ1n) is 14.3. The lowest BCUT2D eigenvalue weighted by Gasteiger charge is -2.69. The van der Waals surface area contributed by atoms with Crippen molar-refractivity contribution in [3.63, 3.8) is 0 Å². The molecular weight excluding hydrogens is 434 g/mol. The van der Waals surface area contributed by atoms with Gasteiger partial charge in [-0.15, -0.1) is 0 Å². The van der Waals surface area contributed by atoms with Crippen molar-refractivity contribution in [3.8, 4) is 0 Å². The summed E-state index contributed by atoms with van der Waals surface area (Å²) in [6, 6.07) is 0. The minimum absolute atomic E-state index is 0.0269. The van der Waals surface area contributed by atoms with Gasteiger partial charge >= 0.3 is 5.97 Å². The molecule has 1 amide bonds. The molecule has 196 valence electrons. The molecule has 0 aromatic carbocycles. The van der Waals surface area contributed by atoms with Crippen LogP contribution in [0.2, 0.25) is 0 Å². The average Bonchev–Trinajstić information content (AvgIpc) is 2.85. The molecule has 0 bridgehead atoms. The average molecular weight is 484 g/mol. The van der Waals surface area contributed by atoms with Crippen LogP contribution in [-0.2, 0) is 14.3 Å². The number of carbonyl (C=O) groups is 2. The molecule has 0 aromatic heterocycles. The molecular formula is C31H49NO3. The lowest BCUT2D eigenvalue weighted by molar-refractivity contribution is -0.178. The smallest absolute Gasteiger partial charge is 0.312 e. The molecule has 1 saturated heterocycles. The van der Waals surface area contributed by atoms with E-state index in [-0.39, 0.29) is 50.4 Å². The predicted octanol–water partition coefficient (Wildman–Crippen LogP) is 6.83. The second kappa shape index (κ2) is 7.60. The zero-order valence-electron chi connectivity index (χ0n) is 23.6. The van der Waals surface area contributed by atoms with Gasteiger partial charge in [0, 0.05) is 12.0 Å². The van der Waals surface area contributed by atoms with E-state index >= 15 is 0 Å². The van der Waals surface area contributed by atoms with Crippen LogP contribution >= 0.6 is 0 Å². The molecule has 35 heavy (non-hydrogen) atoms. The van der Waals surface area contributed by atoms with Crippen LogP contribution in [0.15, 0.2) is 11.6 Å². The van der Waals surface area contributed by atoms with Crippen molar-refractivity contribution in [1.82, 2.24) is 5.32 Å². The Kier molecular flexibility index (Phi) is 5.50. The molecule has 5 rings (SSSR count). The van der Waals surface area contributed by atoms with Gasteiger partial charge < -0.3 is 10.1 Å². The number of ether oxygens (including phenoxy) is 1. The maximum Gasteiger partial charge on any atom is 0.312 e. The van der Waals surface area contributed by atoms with E-state index in [0.717, 1.165) is 51.4 Å². The Balaban J connectivity index is 1.61. The second-order valence-corrected chi connectivity index (χ2v) is 15.1. The third-order valence-electron chi connectivity index (χ3n) is 12.7. The lowest BCUT2D eigenvalue weighted by atomic mass is 9.35. The normalized spacial score (nSPS) is 48.1.